The molecule has 1 heterocycles. The van der Waals surface area contributed by atoms with Crippen LogP contribution in [-0.2, 0) is 11.2 Å². The van der Waals surface area contributed by atoms with E-state index < -0.39 is 11.4 Å². The SMILES string of the molecule is CN1C(=O)[C@H](Cc2ccccc2)N(C(=O)Cl)[C@H]1C(C)(C)C. The van der Waals surface area contributed by atoms with Gasteiger partial charge in [-0.05, 0) is 17.2 Å². The second-order valence-corrected chi connectivity index (χ2v) is 6.88. The standard InChI is InChI=1S/C16H21ClN2O2/c1-16(2,3)14-18(4)13(20)12(19(14)15(17)21)10-11-8-6-5-7-9-11/h5-9,12,14H,10H2,1-4H3/t12-,14-/m0/s1. The van der Waals surface area contributed by atoms with Gasteiger partial charge in [-0.15, -0.1) is 0 Å². The lowest BCUT2D eigenvalue weighted by Gasteiger charge is -2.37. The van der Waals surface area contributed by atoms with E-state index in [1.54, 1.807) is 11.9 Å². The Morgan fingerprint density at radius 3 is 2.29 bits per heavy atom. The van der Waals surface area contributed by atoms with Crippen LogP contribution < -0.4 is 0 Å². The molecule has 2 amide bonds. The third-order valence-corrected chi connectivity index (χ3v) is 4.04. The fourth-order valence-corrected chi connectivity index (χ4v) is 3.28. The first-order valence-electron chi connectivity index (χ1n) is 7.02. The van der Waals surface area contributed by atoms with E-state index in [0.29, 0.717) is 6.42 Å². The second kappa shape index (κ2) is 5.68. The largest absolute Gasteiger partial charge is 0.323 e. The van der Waals surface area contributed by atoms with Crippen LogP contribution in [0.4, 0.5) is 4.79 Å². The highest BCUT2D eigenvalue weighted by Crippen LogP contribution is 2.35. The van der Waals surface area contributed by atoms with Crippen LogP contribution in [0.15, 0.2) is 30.3 Å². The minimum atomic E-state index is -0.575. The maximum atomic E-state index is 12.6. The maximum absolute atomic E-state index is 12.6. The second-order valence-electron chi connectivity index (χ2n) is 6.55. The van der Waals surface area contributed by atoms with Crippen molar-refractivity contribution in [2.24, 2.45) is 5.41 Å². The van der Waals surface area contributed by atoms with E-state index in [0.717, 1.165) is 5.56 Å². The Labute approximate surface area is 130 Å². The number of hydrogen-bond acceptors (Lipinski definition) is 2. The van der Waals surface area contributed by atoms with E-state index in [1.807, 2.05) is 51.1 Å². The molecule has 0 N–H and O–H groups in total. The third kappa shape index (κ3) is 3.05. The van der Waals surface area contributed by atoms with Gasteiger partial charge in [0.2, 0.25) is 5.91 Å². The van der Waals surface area contributed by atoms with Gasteiger partial charge in [0.05, 0.1) is 0 Å². The predicted octanol–water partition coefficient (Wildman–Crippen LogP) is 3.10. The number of carbonyl (C=O) groups is 2. The molecule has 1 saturated heterocycles. The summed E-state index contributed by atoms with van der Waals surface area (Å²) in [6.07, 6.45) is 0.151. The normalized spacial score (nSPS) is 22.8. The van der Waals surface area contributed by atoms with E-state index in [-0.39, 0.29) is 17.5 Å². The molecule has 2 rings (SSSR count). The van der Waals surface area contributed by atoms with Crippen LogP contribution in [0.2, 0.25) is 0 Å². The maximum Gasteiger partial charge on any atom is 0.318 e. The van der Waals surface area contributed by atoms with Gasteiger partial charge in [0.1, 0.15) is 12.2 Å². The molecule has 1 fully saturated rings. The number of likely N-dealkylation sites (N-methyl/N-ethyl adjacent to an activating group) is 1. The first kappa shape index (κ1) is 15.8. The van der Waals surface area contributed by atoms with Crippen molar-refractivity contribution in [2.45, 2.75) is 39.4 Å². The minimum Gasteiger partial charge on any atom is -0.323 e. The predicted molar refractivity (Wildman–Crippen MR) is 83.0 cm³/mol. The van der Waals surface area contributed by atoms with E-state index in [1.165, 1.54) is 4.90 Å². The summed E-state index contributed by atoms with van der Waals surface area (Å²) in [5, 5.41) is -0.575. The van der Waals surface area contributed by atoms with Crippen molar-refractivity contribution in [3.63, 3.8) is 0 Å². The van der Waals surface area contributed by atoms with Gasteiger partial charge in [-0.25, -0.2) is 0 Å². The number of benzene rings is 1. The van der Waals surface area contributed by atoms with Crippen LogP contribution in [-0.4, -0.2) is 40.3 Å². The third-order valence-electron chi connectivity index (χ3n) is 3.85. The zero-order chi connectivity index (χ0) is 15.8. The fourth-order valence-electron chi connectivity index (χ4n) is 3.07. The van der Waals surface area contributed by atoms with E-state index in [4.69, 9.17) is 11.6 Å². The average Bonchev–Trinajstić information content (AvgIpc) is 2.64. The Kier molecular flexibility index (Phi) is 4.28. The zero-order valence-corrected chi connectivity index (χ0v) is 13.6. The van der Waals surface area contributed by atoms with Crippen LogP contribution in [0.1, 0.15) is 26.3 Å². The molecular weight excluding hydrogens is 288 g/mol. The number of nitrogens with zero attached hydrogens (tertiary/aromatic N) is 2. The van der Waals surface area contributed by atoms with Crippen molar-refractivity contribution < 1.29 is 9.59 Å². The lowest BCUT2D eigenvalue weighted by Crippen LogP contribution is -2.49. The summed E-state index contributed by atoms with van der Waals surface area (Å²) in [5.74, 6) is -0.0622. The molecule has 114 valence electrons. The van der Waals surface area contributed by atoms with Crippen molar-refractivity contribution in [2.75, 3.05) is 7.05 Å². The topological polar surface area (TPSA) is 40.6 Å². The fraction of sp³-hybridized carbons (Fsp3) is 0.500. The quantitative estimate of drug-likeness (QED) is 0.622. The van der Waals surface area contributed by atoms with Gasteiger partial charge in [0.15, 0.2) is 0 Å². The lowest BCUT2D eigenvalue weighted by molar-refractivity contribution is -0.129. The number of rotatable bonds is 2. The van der Waals surface area contributed by atoms with Crippen LogP contribution in [0.3, 0.4) is 0 Å². The van der Waals surface area contributed by atoms with E-state index in [9.17, 15) is 9.59 Å². The highest BCUT2D eigenvalue weighted by molar-refractivity contribution is 6.63. The number of halogens is 1. The Bertz CT molecular complexity index is 539. The van der Waals surface area contributed by atoms with E-state index >= 15 is 0 Å². The monoisotopic (exact) mass is 308 g/mol. The van der Waals surface area contributed by atoms with Gasteiger partial charge < -0.3 is 4.90 Å². The molecular formula is C16H21ClN2O2. The van der Waals surface area contributed by atoms with Crippen molar-refractivity contribution in [3.05, 3.63) is 35.9 Å². The molecule has 4 nitrogen and oxygen atoms in total. The summed E-state index contributed by atoms with van der Waals surface area (Å²) in [6.45, 7) is 6.00. The number of amides is 2. The van der Waals surface area contributed by atoms with Crippen molar-refractivity contribution in [3.8, 4) is 0 Å². The molecule has 0 spiro atoms. The first-order chi connectivity index (χ1) is 9.73. The Morgan fingerprint density at radius 1 is 1.24 bits per heavy atom. The Morgan fingerprint density at radius 2 is 1.81 bits per heavy atom. The highest BCUT2D eigenvalue weighted by Gasteiger charge is 2.50. The molecule has 5 heteroatoms. The van der Waals surface area contributed by atoms with Crippen LogP contribution in [0.5, 0.6) is 0 Å². The summed E-state index contributed by atoms with van der Waals surface area (Å²) in [7, 11) is 1.73. The number of hydrogen-bond donors (Lipinski definition) is 0. The zero-order valence-electron chi connectivity index (χ0n) is 12.8. The number of carbonyl (C=O) groups excluding carboxylic acids is 2. The van der Waals surface area contributed by atoms with Gasteiger partial charge in [-0.2, -0.15) is 0 Å². The van der Waals surface area contributed by atoms with Crippen molar-refractivity contribution in [1.29, 1.82) is 0 Å². The van der Waals surface area contributed by atoms with Gasteiger partial charge >= 0.3 is 5.37 Å². The molecule has 0 radical (unpaired) electrons. The van der Waals surface area contributed by atoms with Crippen LogP contribution in [0.25, 0.3) is 0 Å². The molecule has 2 atom stereocenters. The molecule has 0 bridgehead atoms. The van der Waals surface area contributed by atoms with Crippen LogP contribution in [0, 0.1) is 5.41 Å². The summed E-state index contributed by atoms with van der Waals surface area (Å²) in [6, 6.07) is 9.14. The molecule has 1 aromatic carbocycles. The Hall–Kier alpha value is -1.55. The summed E-state index contributed by atoms with van der Waals surface area (Å²) >= 11 is 5.78. The van der Waals surface area contributed by atoms with Crippen molar-refractivity contribution in [1.82, 2.24) is 9.80 Å². The molecule has 0 unspecified atom stereocenters. The average molecular weight is 309 g/mol. The van der Waals surface area contributed by atoms with Crippen molar-refractivity contribution >= 4 is 22.9 Å². The summed E-state index contributed by atoms with van der Waals surface area (Å²) in [5.41, 5.74) is 0.752. The summed E-state index contributed by atoms with van der Waals surface area (Å²) < 4.78 is 0. The smallest absolute Gasteiger partial charge is 0.318 e. The van der Waals surface area contributed by atoms with Gasteiger partial charge in [0, 0.05) is 18.9 Å². The molecule has 21 heavy (non-hydrogen) atoms. The minimum absolute atomic E-state index is 0.0622. The molecule has 1 aliphatic heterocycles. The highest BCUT2D eigenvalue weighted by atomic mass is 35.5. The molecule has 1 aliphatic rings. The van der Waals surface area contributed by atoms with Gasteiger partial charge in [-0.1, -0.05) is 51.1 Å². The molecule has 0 saturated carbocycles. The van der Waals surface area contributed by atoms with Crippen LogP contribution >= 0.6 is 11.6 Å². The van der Waals surface area contributed by atoms with E-state index in [2.05, 4.69) is 0 Å². The molecule has 0 aliphatic carbocycles. The molecule has 0 aromatic heterocycles. The summed E-state index contributed by atoms with van der Waals surface area (Å²) in [4.78, 5) is 27.6. The molecule has 1 aromatic rings. The van der Waals surface area contributed by atoms with Gasteiger partial charge in [0.25, 0.3) is 0 Å². The first-order valence-corrected chi connectivity index (χ1v) is 7.39. The van der Waals surface area contributed by atoms with Gasteiger partial charge in [-0.3, -0.25) is 14.5 Å². The Balaban J connectivity index is 2.35. The lowest BCUT2D eigenvalue weighted by atomic mass is 9.91.